The predicted molar refractivity (Wildman–Crippen MR) is 74.3 cm³/mol. The van der Waals surface area contributed by atoms with E-state index >= 15 is 0 Å². The standard InChI is InChI=1S/C15H15NO4/c1-10(2)20-13-6-5-11(9-17)8-12(13)16-15(18)14-4-3-7-19-14/h3-10H,1-2H3,(H,16,18). The molecule has 1 aromatic heterocycles. The van der Waals surface area contributed by atoms with Gasteiger partial charge in [-0.15, -0.1) is 0 Å². The zero-order valence-electron chi connectivity index (χ0n) is 11.3. The Morgan fingerprint density at radius 3 is 2.75 bits per heavy atom. The van der Waals surface area contributed by atoms with Crippen molar-refractivity contribution >= 4 is 17.9 Å². The van der Waals surface area contributed by atoms with Gasteiger partial charge in [0.25, 0.3) is 5.91 Å². The Labute approximate surface area is 116 Å². The molecule has 0 aliphatic carbocycles. The lowest BCUT2D eigenvalue weighted by atomic mass is 10.2. The number of nitrogens with one attached hydrogen (secondary N) is 1. The van der Waals surface area contributed by atoms with Crippen molar-refractivity contribution in [2.75, 3.05) is 5.32 Å². The minimum Gasteiger partial charge on any atom is -0.489 e. The van der Waals surface area contributed by atoms with E-state index in [9.17, 15) is 9.59 Å². The summed E-state index contributed by atoms with van der Waals surface area (Å²) in [7, 11) is 0. The maximum atomic E-state index is 12.0. The number of furan rings is 1. The lowest BCUT2D eigenvalue weighted by molar-refractivity contribution is 0.0995. The number of hydrogen-bond acceptors (Lipinski definition) is 4. The number of amides is 1. The molecule has 0 aliphatic rings. The minimum atomic E-state index is -0.397. The van der Waals surface area contributed by atoms with Crippen LogP contribution in [-0.4, -0.2) is 18.3 Å². The molecule has 5 heteroatoms. The van der Waals surface area contributed by atoms with Crippen molar-refractivity contribution in [1.82, 2.24) is 0 Å². The van der Waals surface area contributed by atoms with Crippen LogP contribution in [0.4, 0.5) is 5.69 Å². The number of carbonyl (C=O) groups is 2. The molecule has 0 atom stereocenters. The van der Waals surface area contributed by atoms with Crippen molar-refractivity contribution in [1.29, 1.82) is 0 Å². The molecule has 1 aromatic carbocycles. The van der Waals surface area contributed by atoms with Gasteiger partial charge in [0.1, 0.15) is 12.0 Å². The van der Waals surface area contributed by atoms with Crippen LogP contribution >= 0.6 is 0 Å². The van der Waals surface area contributed by atoms with Crippen LogP contribution < -0.4 is 10.1 Å². The Kier molecular flexibility index (Phi) is 4.20. The highest BCUT2D eigenvalue weighted by Crippen LogP contribution is 2.27. The molecule has 1 heterocycles. The number of hydrogen-bond donors (Lipinski definition) is 1. The third-order valence-corrected chi connectivity index (χ3v) is 2.50. The van der Waals surface area contributed by atoms with Crippen LogP contribution in [0.3, 0.4) is 0 Å². The van der Waals surface area contributed by atoms with Crippen molar-refractivity contribution in [3.05, 3.63) is 47.9 Å². The van der Waals surface area contributed by atoms with E-state index in [0.717, 1.165) is 0 Å². The van der Waals surface area contributed by atoms with Crippen LogP contribution in [0.25, 0.3) is 0 Å². The molecule has 0 saturated heterocycles. The SMILES string of the molecule is CC(C)Oc1ccc(C=O)cc1NC(=O)c1ccco1. The van der Waals surface area contributed by atoms with Crippen LogP contribution in [0, 0.1) is 0 Å². The number of aldehydes is 1. The van der Waals surface area contributed by atoms with E-state index in [1.165, 1.54) is 6.26 Å². The molecular weight excluding hydrogens is 258 g/mol. The van der Waals surface area contributed by atoms with Gasteiger partial charge in [-0.25, -0.2) is 0 Å². The van der Waals surface area contributed by atoms with Gasteiger partial charge in [0.15, 0.2) is 5.76 Å². The number of rotatable bonds is 5. The smallest absolute Gasteiger partial charge is 0.291 e. The topological polar surface area (TPSA) is 68.5 Å². The summed E-state index contributed by atoms with van der Waals surface area (Å²) >= 11 is 0. The summed E-state index contributed by atoms with van der Waals surface area (Å²) in [5.41, 5.74) is 0.889. The van der Waals surface area contributed by atoms with E-state index in [1.54, 1.807) is 30.3 Å². The summed E-state index contributed by atoms with van der Waals surface area (Å²) in [4.78, 5) is 22.8. The summed E-state index contributed by atoms with van der Waals surface area (Å²) in [5, 5.41) is 2.68. The summed E-state index contributed by atoms with van der Waals surface area (Å²) in [6.07, 6.45) is 2.08. The number of ether oxygens (including phenoxy) is 1. The first-order chi connectivity index (χ1) is 9.60. The summed E-state index contributed by atoms with van der Waals surface area (Å²) in [6, 6.07) is 8.03. The van der Waals surface area contributed by atoms with E-state index in [0.29, 0.717) is 23.3 Å². The Bertz CT molecular complexity index is 602. The van der Waals surface area contributed by atoms with Gasteiger partial charge >= 0.3 is 0 Å². The lowest BCUT2D eigenvalue weighted by Gasteiger charge is -2.15. The molecule has 0 aliphatic heterocycles. The van der Waals surface area contributed by atoms with E-state index < -0.39 is 5.91 Å². The molecule has 20 heavy (non-hydrogen) atoms. The van der Waals surface area contributed by atoms with Crippen LogP contribution in [-0.2, 0) is 0 Å². The highest BCUT2D eigenvalue weighted by atomic mass is 16.5. The molecule has 2 aromatic rings. The maximum absolute atomic E-state index is 12.0. The summed E-state index contributed by atoms with van der Waals surface area (Å²) < 4.78 is 10.6. The first-order valence-corrected chi connectivity index (χ1v) is 6.21. The minimum absolute atomic E-state index is 0.0451. The van der Waals surface area contributed by atoms with Crippen molar-refractivity contribution < 1.29 is 18.7 Å². The van der Waals surface area contributed by atoms with E-state index in [1.807, 2.05) is 13.8 Å². The molecule has 0 radical (unpaired) electrons. The first-order valence-electron chi connectivity index (χ1n) is 6.21. The summed E-state index contributed by atoms with van der Waals surface area (Å²) in [6.45, 7) is 3.76. The van der Waals surface area contributed by atoms with Crippen molar-refractivity contribution in [2.24, 2.45) is 0 Å². The lowest BCUT2D eigenvalue weighted by Crippen LogP contribution is -2.14. The first kappa shape index (κ1) is 13.9. The number of benzene rings is 1. The highest BCUT2D eigenvalue weighted by Gasteiger charge is 2.13. The van der Waals surface area contributed by atoms with Crippen LogP contribution in [0.2, 0.25) is 0 Å². The van der Waals surface area contributed by atoms with Gasteiger partial charge in [-0.1, -0.05) is 0 Å². The van der Waals surface area contributed by atoms with Gasteiger partial charge in [-0.2, -0.15) is 0 Å². The molecule has 0 fully saturated rings. The Morgan fingerprint density at radius 2 is 2.15 bits per heavy atom. The molecule has 0 saturated carbocycles. The number of anilines is 1. The highest BCUT2D eigenvalue weighted by molar-refractivity contribution is 6.03. The fraction of sp³-hybridized carbons (Fsp3) is 0.200. The fourth-order valence-corrected chi connectivity index (χ4v) is 1.67. The quantitative estimate of drug-likeness (QED) is 0.850. The Hall–Kier alpha value is -2.56. The maximum Gasteiger partial charge on any atom is 0.291 e. The van der Waals surface area contributed by atoms with Crippen molar-refractivity contribution in [3.63, 3.8) is 0 Å². The Morgan fingerprint density at radius 1 is 1.35 bits per heavy atom. The monoisotopic (exact) mass is 273 g/mol. The molecule has 1 N–H and O–H groups in total. The molecular formula is C15H15NO4. The molecule has 2 rings (SSSR count). The molecule has 1 amide bonds. The third-order valence-electron chi connectivity index (χ3n) is 2.50. The zero-order chi connectivity index (χ0) is 14.5. The largest absolute Gasteiger partial charge is 0.489 e. The fourth-order valence-electron chi connectivity index (χ4n) is 1.67. The average Bonchev–Trinajstić information content (AvgIpc) is 2.94. The van der Waals surface area contributed by atoms with Gasteiger partial charge in [-0.05, 0) is 44.2 Å². The van der Waals surface area contributed by atoms with Gasteiger partial charge in [0, 0.05) is 5.56 Å². The van der Waals surface area contributed by atoms with Crippen LogP contribution in [0.1, 0.15) is 34.8 Å². The summed E-state index contributed by atoms with van der Waals surface area (Å²) in [5.74, 6) is 0.300. The van der Waals surface area contributed by atoms with Gasteiger partial charge < -0.3 is 14.5 Å². The molecule has 0 bridgehead atoms. The Balaban J connectivity index is 2.27. The second-order valence-corrected chi connectivity index (χ2v) is 4.47. The molecule has 0 spiro atoms. The molecule has 0 unspecified atom stereocenters. The third kappa shape index (κ3) is 3.26. The van der Waals surface area contributed by atoms with Crippen LogP contribution in [0.5, 0.6) is 5.75 Å². The van der Waals surface area contributed by atoms with Gasteiger partial charge in [0.2, 0.25) is 0 Å². The van der Waals surface area contributed by atoms with Gasteiger partial charge in [-0.3, -0.25) is 9.59 Å². The number of carbonyl (C=O) groups excluding carboxylic acids is 2. The second-order valence-electron chi connectivity index (χ2n) is 4.47. The van der Waals surface area contributed by atoms with Crippen molar-refractivity contribution in [3.8, 4) is 5.75 Å². The predicted octanol–water partition coefficient (Wildman–Crippen LogP) is 3.13. The van der Waals surface area contributed by atoms with E-state index in [4.69, 9.17) is 9.15 Å². The normalized spacial score (nSPS) is 10.3. The van der Waals surface area contributed by atoms with Crippen LogP contribution in [0.15, 0.2) is 41.0 Å². The van der Waals surface area contributed by atoms with Crippen molar-refractivity contribution in [2.45, 2.75) is 20.0 Å². The van der Waals surface area contributed by atoms with E-state index in [-0.39, 0.29) is 11.9 Å². The molecule has 104 valence electrons. The average molecular weight is 273 g/mol. The van der Waals surface area contributed by atoms with Gasteiger partial charge in [0.05, 0.1) is 18.1 Å². The zero-order valence-corrected chi connectivity index (χ0v) is 11.3. The van der Waals surface area contributed by atoms with E-state index in [2.05, 4.69) is 5.32 Å². The second kappa shape index (κ2) is 6.06. The molecule has 5 nitrogen and oxygen atoms in total.